The number of carbonyl (C=O) groups excluding carboxylic acids is 3. The fourth-order valence-electron chi connectivity index (χ4n) is 4.56. The summed E-state index contributed by atoms with van der Waals surface area (Å²) in [5, 5.41) is 6.66. The predicted molar refractivity (Wildman–Crippen MR) is 155 cm³/mol. The minimum atomic E-state index is -1.34. The van der Waals surface area contributed by atoms with Crippen molar-refractivity contribution in [2.75, 3.05) is 10.6 Å². The number of hydrogen-bond donors (Lipinski definition) is 2. The van der Waals surface area contributed by atoms with E-state index in [0.717, 1.165) is 16.7 Å². The van der Waals surface area contributed by atoms with E-state index >= 15 is 0 Å². The van der Waals surface area contributed by atoms with Gasteiger partial charge in [0.05, 0.1) is 16.5 Å². The summed E-state index contributed by atoms with van der Waals surface area (Å²) in [6.07, 6.45) is 0.274. The molecule has 1 fully saturated rings. The number of benzene rings is 3. The molecule has 1 aliphatic rings. The molecular weight excluding hydrogens is 590 g/mol. The maximum atomic E-state index is 13.2. The zero-order chi connectivity index (χ0) is 27.9. The molecule has 198 valence electrons. The molecule has 3 aromatic rings. The molecule has 2 amide bonds. The molecule has 2 N–H and O–H groups in total. The Balaban J connectivity index is 1.53. The normalized spacial score (nSPS) is 17.6. The van der Waals surface area contributed by atoms with Crippen LogP contribution in [-0.2, 0) is 16.0 Å². The molecule has 1 aliphatic carbocycles. The third kappa shape index (κ3) is 5.98. The monoisotopic (exact) mass is 610 g/mol. The molecule has 38 heavy (non-hydrogen) atoms. The average Bonchev–Trinajstić information content (AvgIpc) is 3.41. The van der Waals surface area contributed by atoms with Crippen molar-refractivity contribution in [2.24, 2.45) is 5.92 Å². The van der Waals surface area contributed by atoms with Gasteiger partial charge in [0, 0.05) is 33.8 Å². The van der Waals surface area contributed by atoms with Gasteiger partial charge in [-0.1, -0.05) is 40.9 Å². The van der Waals surface area contributed by atoms with Crippen molar-refractivity contribution in [2.45, 2.75) is 37.4 Å². The Bertz CT molecular complexity index is 1450. The highest BCUT2D eigenvalue weighted by atomic mass is 35.5. The van der Waals surface area contributed by atoms with Crippen LogP contribution in [-0.4, -0.2) is 21.9 Å². The van der Waals surface area contributed by atoms with Gasteiger partial charge in [-0.2, -0.15) is 0 Å². The van der Waals surface area contributed by atoms with Crippen LogP contribution in [0.1, 0.15) is 45.5 Å². The molecule has 4 rings (SSSR count). The quantitative estimate of drug-likeness (QED) is 0.264. The van der Waals surface area contributed by atoms with Gasteiger partial charge >= 0.3 is 0 Å². The Morgan fingerprint density at radius 3 is 2.18 bits per heavy atom. The van der Waals surface area contributed by atoms with Crippen LogP contribution in [0.3, 0.4) is 0 Å². The highest BCUT2D eigenvalue weighted by Crippen LogP contribution is 2.65. The summed E-state index contributed by atoms with van der Waals surface area (Å²) in [7, 11) is 0. The second-order valence-electron chi connectivity index (χ2n) is 9.38. The van der Waals surface area contributed by atoms with Crippen LogP contribution in [0.2, 0.25) is 15.1 Å². The largest absolute Gasteiger partial charge is 0.326 e. The SMILES string of the molecule is CC(=O)Cc1c(C)ccc(NC(=O)c2cc(NC(=O)C3C(c4cc(Cl)cc(Cl)c4)C3(Cl)Cl)ccc2Cl)c1C. The van der Waals surface area contributed by atoms with Gasteiger partial charge in [0.2, 0.25) is 5.91 Å². The van der Waals surface area contributed by atoms with Crippen LogP contribution in [0, 0.1) is 19.8 Å². The van der Waals surface area contributed by atoms with Crippen molar-refractivity contribution >= 4 is 87.0 Å². The fraction of sp³-hybridized carbons (Fsp3) is 0.250. The number of carbonyl (C=O) groups is 3. The van der Waals surface area contributed by atoms with Gasteiger partial charge in [-0.3, -0.25) is 14.4 Å². The van der Waals surface area contributed by atoms with Gasteiger partial charge in [-0.15, -0.1) is 23.2 Å². The van der Waals surface area contributed by atoms with Gasteiger partial charge in [-0.05, 0) is 85.5 Å². The number of Topliss-reactive ketones (excluding diaryl/α,β-unsaturated/α-hetero) is 1. The molecule has 5 nitrogen and oxygen atoms in total. The molecule has 0 aromatic heterocycles. The summed E-state index contributed by atoms with van der Waals surface area (Å²) >= 11 is 31.4. The molecule has 3 aromatic carbocycles. The first-order valence-corrected chi connectivity index (χ1v) is 13.5. The minimum Gasteiger partial charge on any atom is -0.326 e. The number of anilines is 2. The van der Waals surface area contributed by atoms with Crippen molar-refractivity contribution in [1.82, 2.24) is 0 Å². The third-order valence-electron chi connectivity index (χ3n) is 6.57. The Morgan fingerprint density at radius 2 is 1.55 bits per heavy atom. The Hall–Kier alpha value is -2.28. The topological polar surface area (TPSA) is 75.3 Å². The van der Waals surface area contributed by atoms with E-state index in [1.54, 1.807) is 30.3 Å². The van der Waals surface area contributed by atoms with E-state index in [2.05, 4.69) is 10.6 Å². The summed E-state index contributed by atoms with van der Waals surface area (Å²) in [4.78, 5) is 37.9. The summed E-state index contributed by atoms with van der Waals surface area (Å²) in [6.45, 7) is 5.29. The lowest BCUT2D eigenvalue weighted by Crippen LogP contribution is -2.18. The second-order valence-corrected chi connectivity index (χ2v) is 12.1. The van der Waals surface area contributed by atoms with E-state index in [1.165, 1.54) is 19.1 Å². The van der Waals surface area contributed by atoms with E-state index < -0.39 is 28.0 Å². The molecule has 0 heterocycles. The highest BCUT2D eigenvalue weighted by molar-refractivity contribution is 6.53. The fourth-order valence-corrected chi connectivity index (χ4v) is 6.13. The number of nitrogens with one attached hydrogen (secondary N) is 2. The minimum absolute atomic E-state index is 0.0282. The van der Waals surface area contributed by atoms with Crippen molar-refractivity contribution in [1.29, 1.82) is 0 Å². The molecule has 2 unspecified atom stereocenters. The Morgan fingerprint density at radius 1 is 0.895 bits per heavy atom. The van der Waals surface area contributed by atoms with Crippen LogP contribution in [0.4, 0.5) is 11.4 Å². The summed E-state index contributed by atoms with van der Waals surface area (Å²) in [6, 6.07) is 13.1. The molecule has 1 saturated carbocycles. The van der Waals surface area contributed by atoms with Gasteiger partial charge < -0.3 is 10.6 Å². The average molecular weight is 613 g/mol. The van der Waals surface area contributed by atoms with Gasteiger partial charge in [-0.25, -0.2) is 0 Å². The zero-order valence-electron chi connectivity index (χ0n) is 20.6. The van der Waals surface area contributed by atoms with E-state index in [1.807, 2.05) is 19.9 Å². The first-order chi connectivity index (χ1) is 17.8. The number of aryl methyl sites for hydroxylation is 1. The highest BCUT2D eigenvalue weighted by Gasteiger charge is 2.67. The van der Waals surface area contributed by atoms with Crippen molar-refractivity contribution in [3.8, 4) is 0 Å². The van der Waals surface area contributed by atoms with Gasteiger partial charge in [0.1, 0.15) is 10.1 Å². The molecule has 2 atom stereocenters. The Labute approximate surface area is 245 Å². The smallest absolute Gasteiger partial charge is 0.257 e. The lowest BCUT2D eigenvalue weighted by atomic mass is 9.96. The maximum absolute atomic E-state index is 13.2. The van der Waals surface area contributed by atoms with Crippen LogP contribution in [0.25, 0.3) is 0 Å². The van der Waals surface area contributed by atoms with Crippen LogP contribution < -0.4 is 10.6 Å². The van der Waals surface area contributed by atoms with Gasteiger partial charge in [0.25, 0.3) is 5.91 Å². The predicted octanol–water partition coefficient (Wildman–Crippen LogP) is 8.17. The molecule has 0 bridgehead atoms. The molecule has 0 radical (unpaired) electrons. The van der Waals surface area contributed by atoms with E-state index in [0.29, 0.717) is 27.0 Å². The summed E-state index contributed by atoms with van der Waals surface area (Å²) in [5.74, 6) is -2.13. The second kappa shape index (κ2) is 11.1. The van der Waals surface area contributed by atoms with Crippen LogP contribution in [0.15, 0.2) is 48.5 Å². The number of halogens is 5. The summed E-state index contributed by atoms with van der Waals surface area (Å²) in [5.41, 5.74) is 4.37. The number of amides is 2. The van der Waals surface area contributed by atoms with E-state index in [9.17, 15) is 14.4 Å². The van der Waals surface area contributed by atoms with Crippen molar-refractivity contribution < 1.29 is 14.4 Å². The number of hydrogen-bond acceptors (Lipinski definition) is 3. The molecule has 0 aliphatic heterocycles. The number of rotatable bonds is 7. The lowest BCUT2D eigenvalue weighted by Gasteiger charge is -2.15. The van der Waals surface area contributed by atoms with Crippen LogP contribution in [0.5, 0.6) is 0 Å². The standard InChI is InChI=1S/C28H23Cl5N2O3/c1-13-4-7-23(15(3)20(13)8-14(2)36)35-26(37)21-12-19(5-6-22(21)31)34-27(38)25-24(28(25,32)33)16-9-17(29)11-18(30)10-16/h4-7,9-12,24-25H,8H2,1-3H3,(H,34,38)(H,35,37). The zero-order valence-corrected chi connectivity index (χ0v) is 24.4. The van der Waals surface area contributed by atoms with E-state index in [4.69, 9.17) is 58.0 Å². The molecule has 0 saturated heterocycles. The summed E-state index contributed by atoms with van der Waals surface area (Å²) < 4.78 is -1.34. The lowest BCUT2D eigenvalue weighted by molar-refractivity contribution is -0.117. The molecule has 10 heteroatoms. The van der Waals surface area contributed by atoms with Crippen LogP contribution >= 0.6 is 58.0 Å². The van der Waals surface area contributed by atoms with Crippen molar-refractivity contribution in [3.63, 3.8) is 0 Å². The molecular formula is C28H23Cl5N2O3. The maximum Gasteiger partial charge on any atom is 0.257 e. The Kier molecular flexibility index (Phi) is 8.37. The number of ketones is 1. The van der Waals surface area contributed by atoms with E-state index in [-0.39, 0.29) is 22.8 Å². The first kappa shape index (κ1) is 28.7. The molecule has 0 spiro atoms. The van der Waals surface area contributed by atoms with Gasteiger partial charge in [0.15, 0.2) is 0 Å². The third-order valence-corrected chi connectivity index (χ3v) is 8.27. The van der Waals surface area contributed by atoms with Crippen molar-refractivity contribution in [3.05, 3.63) is 91.4 Å². The number of alkyl halides is 2. The first-order valence-electron chi connectivity index (χ1n) is 11.6.